The largest absolute Gasteiger partial charge is 0.416 e. The number of benzene rings is 2. The molecule has 0 fully saturated rings. The van der Waals surface area contributed by atoms with Crippen LogP contribution in [0.3, 0.4) is 0 Å². The maximum Gasteiger partial charge on any atom is 0.251 e. The third kappa shape index (κ3) is 2.97. The fourth-order valence-corrected chi connectivity index (χ4v) is 3.00. The maximum absolute atomic E-state index is 5.96. The first-order valence-corrected chi connectivity index (χ1v) is 8.83. The zero-order valence-electron chi connectivity index (χ0n) is 14.8. The van der Waals surface area contributed by atoms with E-state index < -0.39 is 0 Å². The highest BCUT2D eigenvalue weighted by molar-refractivity contribution is 5.77. The smallest absolute Gasteiger partial charge is 0.251 e. The molecule has 0 unspecified atom stereocenters. The predicted molar refractivity (Wildman–Crippen MR) is 106 cm³/mol. The van der Waals surface area contributed by atoms with Crippen molar-refractivity contribution >= 4 is 0 Å². The molecule has 3 heterocycles. The predicted octanol–water partition coefficient (Wildman–Crippen LogP) is 4.65. The van der Waals surface area contributed by atoms with Crippen LogP contribution in [-0.2, 0) is 0 Å². The van der Waals surface area contributed by atoms with Crippen LogP contribution in [0.25, 0.3) is 39.9 Å². The SMILES string of the molecule is c1ccc(-c2nn(-c3ccccc3)cc2-c2nnc(-c3ccncc3)o2)cc1. The van der Waals surface area contributed by atoms with Crippen LogP contribution in [0.1, 0.15) is 0 Å². The fourth-order valence-electron chi connectivity index (χ4n) is 3.00. The number of aromatic nitrogens is 5. The fraction of sp³-hybridized carbons (Fsp3) is 0. The van der Waals surface area contributed by atoms with Gasteiger partial charge >= 0.3 is 0 Å². The van der Waals surface area contributed by atoms with E-state index in [0.717, 1.165) is 28.1 Å². The quantitative estimate of drug-likeness (QED) is 0.464. The average molecular weight is 365 g/mol. The van der Waals surface area contributed by atoms with E-state index in [4.69, 9.17) is 9.52 Å². The molecule has 2 aromatic carbocycles. The maximum atomic E-state index is 5.96. The highest BCUT2D eigenvalue weighted by Gasteiger charge is 2.19. The molecule has 5 aromatic rings. The number of nitrogens with zero attached hydrogens (tertiary/aromatic N) is 5. The monoisotopic (exact) mass is 365 g/mol. The van der Waals surface area contributed by atoms with Crippen LogP contribution >= 0.6 is 0 Å². The van der Waals surface area contributed by atoms with Crippen molar-refractivity contribution in [1.29, 1.82) is 0 Å². The van der Waals surface area contributed by atoms with Crippen molar-refractivity contribution in [3.05, 3.63) is 91.4 Å². The van der Waals surface area contributed by atoms with Crippen LogP contribution in [0.2, 0.25) is 0 Å². The van der Waals surface area contributed by atoms with Gasteiger partial charge in [-0.15, -0.1) is 10.2 Å². The van der Waals surface area contributed by atoms with Crippen LogP contribution in [0.15, 0.2) is 95.8 Å². The number of hydrogen-bond donors (Lipinski definition) is 0. The minimum atomic E-state index is 0.424. The Kier molecular flexibility index (Phi) is 3.99. The van der Waals surface area contributed by atoms with Crippen LogP contribution in [0.4, 0.5) is 0 Å². The molecule has 134 valence electrons. The number of hydrogen-bond acceptors (Lipinski definition) is 5. The van der Waals surface area contributed by atoms with E-state index in [1.165, 1.54) is 0 Å². The molecule has 3 aromatic heterocycles. The Morgan fingerprint density at radius 3 is 2.11 bits per heavy atom. The second-order valence-electron chi connectivity index (χ2n) is 6.19. The first kappa shape index (κ1) is 16.1. The molecule has 28 heavy (non-hydrogen) atoms. The van der Waals surface area contributed by atoms with Crippen molar-refractivity contribution in [2.75, 3.05) is 0 Å². The van der Waals surface area contributed by atoms with Crippen LogP contribution in [-0.4, -0.2) is 25.0 Å². The number of pyridine rings is 1. The van der Waals surface area contributed by atoms with Gasteiger partial charge in [0.2, 0.25) is 5.89 Å². The Morgan fingerprint density at radius 1 is 0.679 bits per heavy atom. The van der Waals surface area contributed by atoms with Gasteiger partial charge in [0.1, 0.15) is 5.69 Å². The van der Waals surface area contributed by atoms with E-state index in [9.17, 15) is 0 Å². The first-order valence-electron chi connectivity index (χ1n) is 8.83. The summed E-state index contributed by atoms with van der Waals surface area (Å²) < 4.78 is 7.79. The van der Waals surface area contributed by atoms with Gasteiger partial charge in [0, 0.05) is 29.7 Å². The molecule has 6 nitrogen and oxygen atoms in total. The molecule has 0 atom stereocenters. The molecule has 0 radical (unpaired) electrons. The number of rotatable bonds is 4. The van der Waals surface area contributed by atoms with Gasteiger partial charge in [-0.05, 0) is 24.3 Å². The Bertz CT molecular complexity index is 1200. The van der Waals surface area contributed by atoms with E-state index >= 15 is 0 Å². The van der Waals surface area contributed by atoms with E-state index in [-0.39, 0.29) is 0 Å². The normalized spacial score (nSPS) is 10.9. The van der Waals surface area contributed by atoms with E-state index in [0.29, 0.717) is 11.8 Å². The van der Waals surface area contributed by atoms with Crippen LogP contribution in [0.5, 0.6) is 0 Å². The highest BCUT2D eigenvalue weighted by atomic mass is 16.4. The summed E-state index contributed by atoms with van der Waals surface area (Å²) in [6, 6.07) is 23.6. The van der Waals surface area contributed by atoms with Crippen molar-refractivity contribution in [2.24, 2.45) is 0 Å². The Morgan fingerprint density at radius 2 is 1.36 bits per heavy atom. The summed E-state index contributed by atoms with van der Waals surface area (Å²) in [6.07, 6.45) is 5.31. The molecule has 0 aliphatic carbocycles. The lowest BCUT2D eigenvalue weighted by atomic mass is 10.1. The number of para-hydroxylation sites is 1. The molecule has 0 spiro atoms. The van der Waals surface area contributed by atoms with E-state index in [1.54, 1.807) is 12.4 Å². The molecule has 0 N–H and O–H groups in total. The molecule has 0 saturated carbocycles. The van der Waals surface area contributed by atoms with Crippen molar-refractivity contribution in [2.45, 2.75) is 0 Å². The van der Waals surface area contributed by atoms with Gasteiger partial charge in [0.05, 0.1) is 11.3 Å². The molecule has 0 bridgehead atoms. The van der Waals surface area contributed by atoms with Gasteiger partial charge in [-0.1, -0.05) is 48.5 Å². The standard InChI is InChI=1S/C22H15N5O/c1-3-7-16(8-4-1)20-19(15-27(26-20)18-9-5-2-6-10-18)22-25-24-21(28-22)17-11-13-23-14-12-17/h1-15H. The molecular weight excluding hydrogens is 350 g/mol. The van der Waals surface area contributed by atoms with Gasteiger partial charge in [-0.2, -0.15) is 5.10 Å². The summed E-state index contributed by atoms with van der Waals surface area (Å²) in [5.74, 6) is 0.872. The van der Waals surface area contributed by atoms with Gasteiger partial charge in [0.15, 0.2) is 0 Å². The Hall–Kier alpha value is -4.06. The van der Waals surface area contributed by atoms with Gasteiger partial charge in [-0.25, -0.2) is 4.68 Å². The molecule has 0 aliphatic rings. The summed E-state index contributed by atoms with van der Waals surface area (Å²) in [5, 5.41) is 13.3. The first-order chi connectivity index (χ1) is 13.9. The van der Waals surface area contributed by atoms with Gasteiger partial charge < -0.3 is 4.42 Å². The average Bonchev–Trinajstić information content (AvgIpc) is 3.43. The van der Waals surface area contributed by atoms with Crippen molar-refractivity contribution in [3.8, 4) is 39.9 Å². The molecular formula is C22H15N5O. The molecule has 0 saturated heterocycles. The summed E-state index contributed by atoms with van der Waals surface area (Å²) in [5.41, 5.74) is 4.33. The lowest BCUT2D eigenvalue weighted by molar-refractivity contribution is 0.584. The molecule has 0 amide bonds. The van der Waals surface area contributed by atoms with Gasteiger partial charge in [0.25, 0.3) is 5.89 Å². The van der Waals surface area contributed by atoms with Crippen LogP contribution in [0, 0.1) is 0 Å². The summed E-state index contributed by atoms with van der Waals surface area (Å²) in [7, 11) is 0. The minimum Gasteiger partial charge on any atom is -0.416 e. The lowest BCUT2D eigenvalue weighted by Gasteiger charge is -2.00. The second-order valence-corrected chi connectivity index (χ2v) is 6.19. The Labute approximate surface area is 161 Å². The second kappa shape index (κ2) is 6.92. The molecule has 6 heteroatoms. The van der Waals surface area contributed by atoms with E-state index in [1.807, 2.05) is 83.7 Å². The van der Waals surface area contributed by atoms with Crippen molar-refractivity contribution in [3.63, 3.8) is 0 Å². The third-order valence-electron chi connectivity index (χ3n) is 4.36. The van der Waals surface area contributed by atoms with Crippen LogP contribution < -0.4 is 0 Å². The van der Waals surface area contributed by atoms with Gasteiger partial charge in [-0.3, -0.25) is 4.98 Å². The van der Waals surface area contributed by atoms with Crippen molar-refractivity contribution in [1.82, 2.24) is 25.0 Å². The third-order valence-corrected chi connectivity index (χ3v) is 4.36. The minimum absolute atomic E-state index is 0.424. The molecule has 5 rings (SSSR count). The zero-order valence-corrected chi connectivity index (χ0v) is 14.8. The summed E-state index contributed by atoms with van der Waals surface area (Å²) in [4.78, 5) is 4.02. The Balaban J connectivity index is 1.64. The lowest BCUT2D eigenvalue weighted by Crippen LogP contribution is -1.93. The van der Waals surface area contributed by atoms with Crippen molar-refractivity contribution < 1.29 is 4.42 Å². The summed E-state index contributed by atoms with van der Waals surface area (Å²) >= 11 is 0. The molecule has 0 aliphatic heterocycles. The van der Waals surface area contributed by atoms with E-state index in [2.05, 4.69) is 15.2 Å². The highest BCUT2D eigenvalue weighted by Crippen LogP contribution is 2.32. The topological polar surface area (TPSA) is 69.6 Å². The summed E-state index contributed by atoms with van der Waals surface area (Å²) in [6.45, 7) is 0. The zero-order chi connectivity index (χ0) is 18.8.